The second kappa shape index (κ2) is 4.77. The van der Waals surface area contributed by atoms with Crippen LogP contribution in [0.5, 0.6) is 5.75 Å². The van der Waals surface area contributed by atoms with E-state index in [9.17, 15) is 4.21 Å². The number of rotatable bonds is 3. The molecule has 0 bridgehead atoms. The molecule has 1 heterocycles. The smallest absolute Gasteiger partial charge is 0.127 e. The first-order valence-corrected chi connectivity index (χ1v) is 6.23. The van der Waals surface area contributed by atoms with Crippen molar-refractivity contribution in [1.29, 1.82) is 0 Å². The Morgan fingerprint density at radius 2 is 1.80 bits per heavy atom. The zero-order chi connectivity index (χ0) is 10.7. The lowest BCUT2D eigenvalue weighted by Gasteiger charge is -2.13. The van der Waals surface area contributed by atoms with Crippen LogP contribution in [0.1, 0.15) is 12.8 Å². The molecule has 2 rings (SSSR count). The fourth-order valence-electron chi connectivity index (χ4n) is 1.70. The average molecular weight is 225 g/mol. The van der Waals surface area contributed by atoms with E-state index in [0.717, 1.165) is 36.6 Å². The van der Waals surface area contributed by atoms with Crippen LogP contribution in [0, 0.1) is 0 Å². The molecule has 3 nitrogen and oxygen atoms in total. The molecular weight excluding hydrogens is 210 g/mol. The average Bonchev–Trinajstić information content (AvgIpc) is 2.82. The normalized spacial score (nSPS) is 19.0. The third-order valence-electron chi connectivity index (χ3n) is 2.56. The van der Waals surface area contributed by atoms with Gasteiger partial charge in [0, 0.05) is 13.1 Å². The molecule has 0 amide bonds. The Morgan fingerprint density at radius 3 is 2.33 bits per heavy atom. The van der Waals surface area contributed by atoms with E-state index >= 15 is 0 Å². The Kier molecular flexibility index (Phi) is 3.38. The molecule has 1 aliphatic rings. The van der Waals surface area contributed by atoms with Gasteiger partial charge < -0.3 is 4.74 Å². The molecule has 0 saturated carbocycles. The van der Waals surface area contributed by atoms with Crippen LogP contribution in [-0.2, 0) is 11.0 Å². The largest absolute Gasteiger partial charge is 0.497 e. The van der Waals surface area contributed by atoms with Crippen molar-refractivity contribution in [3.05, 3.63) is 24.3 Å². The van der Waals surface area contributed by atoms with Gasteiger partial charge in [-0.2, -0.15) is 0 Å². The van der Waals surface area contributed by atoms with E-state index in [-0.39, 0.29) is 0 Å². The first kappa shape index (κ1) is 10.6. The van der Waals surface area contributed by atoms with Gasteiger partial charge in [-0.1, -0.05) is 0 Å². The monoisotopic (exact) mass is 225 g/mol. The summed E-state index contributed by atoms with van der Waals surface area (Å²) in [5.74, 6) is 0.803. The number of benzene rings is 1. The molecular formula is C11H15NO2S. The minimum atomic E-state index is -0.991. The molecule has 1 atom stereocenters. The van der Waals surface area contributed by atoms with Crippen molar-refractivity contribution in [2.75, 3.05) is 20.2 Å². The summed E-state index contributed by atoms with van der Waals surface area (Å²) in [6, 6.07) is 7.44. The van der Waals surface area contributed by atoms with Gasteiger partial charge >= 0.3 is 0 Å². The molecule has 1 aromatic rings. The quantitative estimate of drug-likeness (QED) is 0.785. The maximum Gasteiger partial charge on any atom is 0.127 e. The van der Waals surface area contributed by atoms with Crippen molar-refractivity contribution in [1.82, 2.24) is 4.31 Å². The van der Waals surface area contributed by atoms with E-state index in [2.05, 4.69) is 0 Å². The molecule has 1 fully saturated rings. The molecule has 0 N–H and O–H groups in total. The molecule has 1 aliphatic heterocycles. The van der Waals surface area contributed by atoms with Gasteiger partial charge in [-0.3, -0.25) is 0 Å². The summed E-state index contributed by atoms with van der Waals surface area (Å²) >= 11 is 0. The van der Waals surface area contributed by atoms with Crippen LogP contribution in [0.25, 0.3) is 0 Å². The summed E-state index contributed by atoms with van der Waals surface area (Å²) in [5, 5.41) is 0. The van der Waals surface area contributed by atoms with E-state index in [1.807, 2.05) is 28.6 Å². The van der Waals surface area contributed by atoms with Gasteiger partial charge in [0.25, 0.3) is 0 Å². The third kappa shape index (κ3) is 2.38. The molecule has 1 aromatic carbocycles. The van der Waals surface area contributed by atoms with Crippen molar-refractivity contribution in [2.45, 2.75) is 17.7 Å². The third-order valence-corrected chi connectivity index (χ3v) is 4.07. The number of hydrogen-bond acceptors (Lipinski definition) is 2. The fraction of sp³-hybridized carbons (Fsp3) is 0.455. The van der Waals surface area contributed by atoms with Crippen LogP contribution >= 0.6 is 0 Å². The summed E-state index contributed by atoms with van der Waals surface area (Å²) < 4.78 is 19.1. The summed E-state index contributed by atoms with van der Waals surface area (Å²) in [5.41, 5.74) is 0. The molecule has 0 radical (unpaired) electrons. The minimum absolute atomic E-state index is 0.803. The summed E-state index contributed by atoms with van der Waals surface area (Å²) in [7, 11) is 0.640. The minimum Gasteiger partial charge on any atom is -0.497 e. The van der Waals surface area contributed by atoms with Crippen molar-refractivity contribution in [2.24, 2.45) is 0 Å². The predicted octanol–water partition coefficient (Wildman–Crippen LogP) is 1.81. The molecule has 0 spiro atoms. The van der Waals surface area contributed by atoms with Crippen LogP contribution in [0.3, 0.4) is 0 Å². The second-order valence-corrected chi connectivity index (χ2v) is 5.05. The van der Waals surface area contributed by atoms with Gasteiger partial charge in [0.05, 0.1) is 12.0 Å². The standard InChI is InChI=1S/C11H15NO2S/c1-14-10-4-6-11(7-5-10)15(13)12-8-2-3-9-12/h4-7H,2-3,8-9H2,1H3. The Bertz CT molecular complexity index is 344. The van der Waals surface area contributed by atoms with Crippen LogP contribution in [0.2, 0.25) is 0 Å². The van der Waals surface area contributed by atoms with E-state index < -0.39 is 11.0 Å². The van der Waals surface area contributed by atoms with Gasteiger partial charge in [0.1, 0.15) is 16.7 Å². The van der Waals surface area contributed by atoms with E-state index in [4.69, 9.17) is 4.74 Å². The first-order valence-electron chi connectivity index (χ1n) is 5.12. The topological polar surface area (TPSA) is 29.5 Å². The highest BCUT2D eigenvalue weighted by Crippen LogP contribution is 2.19. The number of nitrogens with zero attached hydrogens (tertiary/aromatic N) is 1. The fourth-order valence-corrected chi connectivity index (χ4v) is 2.95. The molecule has 1 saturated heterocycles. The SMILES string of the molecule is COc1ccc(S(=O)N2CCCC2)cc1. The van der Waals surface area contributed by atoms with E-state index in [0.29, 0.717) is 0 Å². The van der Waals surface area contributed by atoms with Crippen molar-refractivity contribution in [3.63, 3.8) is 0 Å². The lowest BCUT2D eigenvalue weighted by atomic mass is 10.3. The van der Waals surface area contributed by atoms with Crippen molar-refractivity contribution < 1.29 is 8.95 Å². The van der Waals surface area contributed by atoms with E-state index in [1.54, 1.807) is 7.11 Å². The first-order chi connectivity index (χ1) is 7.31. The highest BCUT2D eigenvalue weighted by atomic mass is 32.2. The molecule has 15 heavy (non-hydrogen) atoms. The summed E-state index contributed by atoms with van der Waals surface area (Å²) in [6.07, 6.45) is 2.31. The van der Waals surface area contributed by atoms with Gasteiger partial charge in [0.2, 0.25) is 0 Å². The Labute approximate surface area is 92.6 Å². The Hall–Kier alpha value is -0.870. The summed E-state index contributed by atoms with van der Waals surface area (Å²) in [6.45, 7) is 1.89. The van der Waals surface area contributed by atoms with Gasteiger partial charge in [0.15, 0.2) is 0 Å². The van der Waals surface area contributed by atoms with Crippen LogP contribution < -0.4 is 4.74 Å². The van der Waals surface area contributed by atoms with Gasteiger partial charge in [-0.25, -0.2) is 8.51 Å². The Balaban J connectivity index is 2.11. The molecule has 0 aromatic heterocycles. The zero-order valence-corrected chi connectivity index (χ0v) is 9.63. The van der Waals surface area contributed by atoms with Crippen molar-refractivity contribution in [3.8, 4) is 5.75 Å². The van der Waals surface area contributed by atoms with E-state index in [1.165, 1.54) is 0 Å². The number of ether oxygens (including phenoxy) is 1. The second-order valence-electron chi connectivity index (χ2n) is 3.56. The summed E-state index contributed by atoms with van der Waals surface area (Å²) in [4.78, 5) is 0.859. The molecule has 1 unspecified atom stereocenters. The molecule has 82 valence electrons. The molecule has 4 heteroatoms. The lowest BCUT2D eigenvalue weighted by molar-refractivity contribution is 0.414. The molecule has 0 aliphatic carbocycles. The van der Waals surface area contributed by atoms with Crippen LogP contribution in [-0.4, -0.2) is 28.7 Å². The van der Waals surface area contributed by atoms with Crippen LogP contribution in [0.4, 0.5) is 0 Å². The van der Waals surface area contributed by atoms with Gasteiger partial charge in [-0.05, 0) is 37.1 Å². The highest BCUT2D eigenvalue weighted by Gasteiger charge is 2.18. The zero-order valence-electron chi connectivity index (χ0n) is 8.81. The number of methoxy groups -OCH3 is 1. The van der Waals surface area contributed by atoms with Gasteiger partial charge in [-0.15, -0.1) is 0 Å². The highest BCUT2D eigenvalue weighted by molar-refractivity contribution is 7.82. The lowest BCUT2D eigenvalue weighted by Crippen LogP contribution is -2.21. The number of hydrogen-bond donors (Lipinski definition) is 0. The Morgan fingerprint density at radius 1 is 1.20 bits per heavy atom. The van der Waals surface area contributed by atoms with Crippen molar-refractivity contribution >= 4 is 11.0 Å². The predicted molar refractivity (Wildman–Crippen MR) is 60.2 cm³/mol. The maximum absolute atomic E-state index is 12.0. The van der Waals surface area contributed by atoms with Crippen LogP contribution in [0.15, 0.2) is 29.2 Å². The maximum atomic E-state index is 12.0.